The Morgan fingerprint density at radius 1 is 1.00 bits per heavy atom. The molecule has 5 rings (SSSR count). The van der Waals surface area contributed by atoms with E-state index in [0.717, 1.165) is 50.7 Å². The van der Waals surface area contributed by atoms with Crippen molar-refractivity contribution in [3.8, 4) is 0 Å². The Hall–Kier alpha value is -1.19. The van der Waals surface area contributed by atoms with Crippen molar-refractivity contribution in [2.24, 2.45) is 40.4 Å². The largest absolute Gasteiger partial charge is 0.390 e. The minimum Gasteiger partial charge on any atom is -0.390 e. The molecule has 0 heterocycles. The lowest BCUT2D eigenvalue weighted by Gasteiger charge is -2.62. The van der Waals surface area contributed by atoms with Crippen LogP contribution in [0.15, 0.2) is 24.3 Å². The lowest BCUT2D eigenvalue weighted by molar-refractivity contribution is -0.173. The Balaban J connectivity index is 1.40. The van der Waals surface area contributed by atoms with E-state index in [0.29, 0.717) is 29.5 Å². The van der Waals surface area contributed by atoms with Crippen LogP contribution >= 0.6 is 0 Å². The number of ether oxygens (including phenoxy) is 1. The highest BCUT2D eigenvalue weighted by atomic mass is 16.5. The normalized spacial score (nSPS) is 44.6. The van der Waals surface area contributed by atoms with Crippen molar-refractivity contribution in [1.29, 1.82) is 0 Å². The second-order valence-electron chi connectivity index (χ2n) is 12.6. The fraction of sp³-hybridized carbons (Fsp3) is 0.767. The van der Waals surface area contributed by atoms with Crippen LogP contribution in [0.5, 0.6) is 0 Å². The van der Waals surface area contributed by atoms with Gasteiger partial charge in [0.2, 0.25) is 0 Å². The van der Waals surface area contributed by atoms with Crippen molar-refractivity contribution in [3.05, 3.63) is 35.4 Å². The highest BCUT2D eigenvalue weighted by molar-refractivity contribution is 5.98. The van der Waals surface area contributed by atoms with Gasteiger partial charge in [-0.1, -0.05) is 38.1 Å². The van der Waals surface area contributed by atoms with Crippen molar-refractivity contribution >= 4 is 5.78 Å². The van der Waals surface area contributed by atoms with Crippen LogP contribution in [0, 0.1) is 40.4 Å². The van der Waals surface area contributed by atoms with Gasteiger partial charge < -0.3 is 9.84 Å². The summed E-state index contributed by atoms with van der Waals surface area (Å²) in [6, 6.07) is 8.39. The van der Waals surface area contributed by atoms with Crippen LogP contribution in [0.3, 0.4) is 0 Å². The number of benzene rings is 1. The molecule has 0 radical (unpaired) electrons. The average Bonchev–Trinajstić information content (AvgIpc) is 3.16. The zero-order chi connectivity index (χ0) is 23.4. The quantitative estimate of drug-likeness (QED) is 0.521. The summed E-state index contributed by atoms with van der Waals surface area (Å²) in [6.45, 7) is 7.49. The van der Waals surface area contributed by atoms with E-state index in [2.05, 4.69) is 38.1 Å². The van der Waals surface area contributed by atoms with Crippen LogP contribution in [0.25, 0.3) is 0 Å². The molecule has 0 aliphatic heterocycles. The molecule has 3 nitrogen and oxygen atoms in total. The van der Waals surface area contributed by atoms with Gasteiger partial charge in [-0.2, -0.15) is 0 Å². The predicted molar refractivity (Wildman–Crippen MR) is 132 cm³/mol. The summed E-state index contributed by atoms with van der Waals surface area (Å²) < 4.78 is 5.90. The van der Waals surface area contributed by atoms with Gasteiger partial charge in [-0.05, 0) is 111 Å². The second kappa shape index (κ2) is 8.48. The van der Waals surface area contributed by atoms with Gasteiger partial charge in [0.05, 0.1) is 12.2 Å². The molecule has 1 aromatic carbocycles. The van der Waals surface area contributed by atoms with E-state index < -0.39 is 5.60 Å². The third-order valence-corrected chi connectivity index (χ3v) is 11.0. The highest BCUT2D eigenvalue weighted by Gasteiger charge is 2.63. The Morgan fingerprint density at radius 3 is 2.45 bits per heavy atom. The Bertz CT molecular complexity index is 873. The van der Waals surface area contributed by atoms with Gasteiger partial charge in [-0.15, -0.1) is 0 Å². The SMILES string of the molecule is CCc1ccc(C(=O)[C@H]2CC[C@H]3[C@@H]4CC[C@H]5C[C@](C)(O)CC[C@]5(COC)[C@H]4CC[C@]23C)cc1. The molecule has 0 spiro atoms. The number of Topliss-reactive ketones (excluding diaryl/α,β-unsaturated/α-hetero) is 1. The molecule has 4 aliphatic rings. The molecular weight excluding hydrogens is 408 g/mol. The van der Waals surface area contributed by atoms with E-state index in [4.69, 9.17) is 4.74 Å². The number of methoxy groups -OCH3 is 1. The van der Waals surface area contributed by atoms with E-state index in [-0.39, 0.29) is 16.7 Å². The number of hydrogen-bond acceptors (Lipinski definition) is 3. The number of hydrogen-bond donors (Lipinski definition) is 1. The van der Waals surface area contributed by atoms with Crippen LogP contribution in [0.2, 0.25) is 0 Å². The predicted octanol–water partition coefficient (Wildman–Crippen LogP) is 6.47. The first-order valence-electron chi connectivity index (χ1n) is 13.6. The first-order valence-corrected chi connectivity index (χ1v) is 13.6. The van der Waals surface area contributed by atoms with Crippen molar-refractivity contribution in [2.75, 3.05) is 13.7 Å². The fourth-order valence-electron chi connectivity index (χ4n) is 9.32. The molecule has 8 atom stereocenters. The molecule has 33 heavy (non-hydrogen) atoms. The molecule has 1 N–H and O–H groups in total. The third-order valence-electron chi connectivity index (χ3n) is 11.0. The lowest BCUT2D eigenvalue weighted by Crippen LogP contribution is -2.58. The van der Waals surface area contributed by atoms with E-state index in [1.165, 1.54) is 31.2 Å². The van der Waals surface area contributed by atoms with E-state index >= 15 is 0 Å². The number of rotatable bonds is 5. The molecule has 3 heteroatoms. The zero-order valence-corrected chi connectivity index (χ0v) is 21.2. The van der Waals surface area contributed by atoms with Gasteiger partial charge in [0, 0.05) is 18.6 Å². The summed E-state index contributed by atoms with van der Waals surface area (Å²) in [5.74, 6) is 3.16. The summed E-state index contributed by atoms with van der Waals surface area (Å²) in [7, 11) is 1.86. The van der Waals surface area contributed by atoms with Gasteiger partial charge >= 0.3 is 0 Å². The average molecular weight is 453 g/mol. The third kappa shape index (κ3) is 3.73. The summed E-state index contributed by atoms with van der Waals surface area (Å²) in [5, 5.41) is 10.8. The van der Waals surface area contributed by atoms with Gasteiger partial charge in [-0.3, -0.25) is 4.79 Å². The number of aliphatic hydroxyl groups is 1. The second-order valence-corrected chi connectivity index (χ2v) is 12.6. The van der Waals surface area contributed by atoms with Crippen LogP contribution in [-0.2, 0) is 11.2 Å². The Kier molecular flexibility index (Phi) is 6.05. The molecule has 0 saturated heterocycles. The van der Waals surface area contributed by atoms with Crippen LogP contribution in [-0.4, -0.2) is 30.2 Å². The number of aryl methyl sites for hydroxylation is 1. The summed E-state index contributed by atoms with van der Waals surface area (Å²) in [6.07, 6.45) is 11.0. The lowest BCUT2D eigenvalue weighted by atomic mass is 9.43. The van der Waals surface area contributed by atoms with Crippen molar-refractivity contribution in [2.45, 2.75) is 90.6 Å². The molecule has 1 aromatic rings. The molecule has 4 fully saturated rings. The molecular formula is C30H44O3. The zero-order valence-electron chi connectivity index (χ0n) is 21.2. The smallest absolute Gasteiger partial charge is 0.166 e. The first-order chi connectivity index (χ1) is 15.7. The molecule has 4 saturated carbocycles. The molecule has 182 valence electrons. The molecule has 0 bridgehead atoms. The van der Waals surface area contributed by atoms with Crippen molar-refractivity contribution < 1.29 is 14.6 Å². The van der Waals surface area contributed by atoms with Crippen LogP contribution < -0.4 is 0 Å². The first kappa shape index (κ1) is 23.5. The maximum absolute atomic E-state index is 13.7. The molecule has 0 unspecified atom stereocenters. The maximum Gasteiger partial charge on any atom is 0.166 e. The maximum atomic E-state index is 13.7. The summed E-state index contributed by atoms with van der Waals surface area (Å²) in [5.41, 5.74) is 2.04. The molecule has 0 amide bonds. The standard InChI is InChI=1S/C30H44O3/c1-5-20-6-8-21(9-7-20)27(31)26-13-12-24-23-11-10-22-18-28(2,32)16-17-30(22,19-33-4)25(23)14-15-29(24,26)3/h6-9,22-26,32H,5,10-19H2,1-4H3/t22-,23-,24-,25-,26+,28+,29-,30+/m0/s1. The molecule has 4 aliphatic carbocycles. The van der Waals surface area contributed by atoms with Crippen LogP contribution in [0.4, 0.5) is 0 Å². The minimum absolute atomic E-state index is 0.128. The summed E-state index contributed by atoms with van der Waals surface area (Å²) >= 11 is 0. The van der Waals surface area contributed by atoms with Gasteiger partial charge in [-0.25, -0.2) is 0 Å². The van der Waals surface area contributed by atoms with Crippen molar-refractivity contribution in [3.63, 3.8) is 0 Å². The van der Waals surface area contributed by atoms with Crippen LogP contribution in [0.1, 0.15) is 94.5 Å². The Labute approximate surface area is 200 Å². The topological polar surface area (TPSA) is 46.5 Å². The van der Waals surface area contributed by atoms with E-state index in [1.54, 1.807) is 0 Å². The molecule has 0 aromatic heterocycles. The summed E-state index contributed by atoms with van der Waals surface area (Å²) in [4.78, 5) is 13.7. The highest BCUT2D eigenvalue weighted by Crippen LogP contribution is 2.68. The number of carbonyl (C=O) groups is 1. The monoisotopic (exact) mass is 452 g/mol. The van der Waals surface area contributed by atoms with Gasteiger partial charge in [0.15, 0.2) is 5.78 Å². The van der Waals surface area contributed by atoms with Crippen molar-refractivity contribution in [1.82, 2.24) is 0 Å². The minimum atomic E-state index is -0.518. The van der Waals surface area contributed by atoms with Gasteiger partial charge in [0.1, 0.15) is 0 Å². The van der Waals surface area contributed by atoms with E-state index in [1.807, 2.05) is 14.0 Å². The number of fused-ring (bicyclic) bond motifs is 5. The number of ketones is 1. The van der Waals surface area contributed by atoms with Gasteiger partial charge in [0.25, 0.3) is 0 Å². The Morgan fingerprint density at radius 2 is 1.76 bits per heavy atom. The number of carbonyl (C=O) groups excluding carboxylic acids is 1. The fourth-order valence-corrected chi connectivity index (χ4v) is 9.32. The van der Waals surface area contributed by atoms with E-state index in [9.17, 15) is 9.90 Å².